The zero-order valence-electron chi connectivity index (χ0n) is 10.4. The van der Waals surface area contributed by atoms with E-state index in [0.717, 1.165) is 5.56 Å². The van der Waals surface area contributed by atoms with Crippen LogP contribution in [-0.2, 0) is 6.42 Å². The zero-order chi connectivity index (χ0) is 14.5. The molecule has 0 spiro atoms. The molecule has 1 N–H and O–H groups in total. The predicted octanol–water partition coefficient (Wildman–Crippen LogP) is 4.01. The van der Waals surface area contributed by atoms with Crippen LogP contribution in [0.2, 0.25) is 15.2 Å². The number of rotatable bonds is 4. The van der Waals surface area contributed by atoms with Crippen molar-refractivity contribution in [3.8, 4) is 0 Å². The lowest BCUT2D eigenvalue weighted by Gasteiger charge is -2.06. The van der Waals surface area contributed by atoms with Gasteiger partial charge in [0.25, 0.3) is 5.91 Å². The number of benzene rings is 1. The van der Waals surface area contributed by atoms with E-state index in [1.807, 2.05) is 24.3 Å². The Morgan fingerprint density at radius 3 is 2.45 bits per heavy atom. The van der Waals surface area contributed by atoms with Crippen molar-refractivity contribution < 1.29 is 4.79 Å². The summed E-state index contributed by atoms with van der Waals surface area (Å²) < 4.78 is 0. The highest BCUT2D eigenvalue weighted by atomic mass is 35.5. The monoisotopic (exact) mass is 328 g/mol. The molecule has 0 radical (unpaired) electrons. The number of aromatic nitrogens is 1. The molecule has 0 bridgehead atoms. The molecule has 104 valence electrons. The van der Waals surface area contributed by atoms with E-state index in [1.54, 1.807) is 6.07 Å². The van der Waals surface area contributed by atoms with Gasteiger partial charge in [-0.05, 0) is 36.2 Å². The number of nitrogens with one attached hydrogen (secondary N) is 1. The fraction of sp³-hybridized carbons (Fsp3) is 0.143. The van der Waals surface area contributed by atoms with Crippen molar-refractivity contribution in [1.29, 1.82) is 0 Å². The van der Waals surface area contributed by atoms with Gasteiger partial charge in [-0.15, -0.1) is 0 Å². The first-order valence-electron chi connectivity index (χ1n) is 5.91. The summed E-state index contributed by atoms with van der Waals surface area (Å²) in [5.41, 5.74) is 1.22. The third kappa shape index (κ3) is 4.10. The van der Waals surface area contributed by atoms with Crippen molar-refractivity contribution >= 4 is 40.7 Å². The van der Waals surface area contributed by atoms with Crippen molar-refractivity contribution in [2.45, 2.75) is 6.42 Å². The van der Waals surface area contributed by atoms with Gasteiger partial charge >= 0.3 is 0 Å². The maximum Gasteiger partial charge on any atom is 0.271 e. The van der Waals surface area contributed by atoms with Crippen molar-refractivity contribution in [2.24, 2.45) is 0 Å². The molecular weight excluding hydrogens is 319 g/mol. The van der Waals surface area contributed by atoms with Gasteiger partial charge in [0.1, 0.15) is 10.8 Å². The molecule has 1 aromatic carbocycles. The van der Waals surface area contributed by atoms with Crippen LogP contribution in [0.1, 0.15) is 16.1 Å². The number of carbonyl (C=O) groups excluding carboxylic acids is 1. The van der Waals surface area contributed by atoms with Crippen LogP contribution in [0.4, 0.5) is 0 Å². The molecule has 0 atom stereocenters. The van der Waals surface area contributed by atoms with Crippen molar-refractivity contribution in [3.05, 3.63) is 62.9 Å². The highest BCUT2D eigenvalue weighted by Crippen LogP contribution is 2.16. The molecule has 1 heterocycles. The van der Waals surface area contributed by atoms with Crippen LogP contribution < -0.4 is 5.32 Å². The standard InChI is InChI=1S/C14H11Cl3N2O/c15-10-3-1-9(2-4-10)7-8-18-14(20)13-11(16)5-6-12(17)19-13/h1-6H,7-8H2,(H,18,20). The number of hydrogen-bond acceptors (Lipinski definition) is 2. The van der Waals surface area contributed by atoms with Crippen molar-refractivity contribution in [2.75, 3.05) is 6.54 Å². The summed E-state index contributed by atoms with van der Waals surface area (Å²) in [5, 5.41) is 3.95. The highest BCUT2D eigenvalue weighted by Gasteiger charge is 2.12. The smallest absolute Gasteiger partial charge is 0.271 e. The van der Waals surface area contributed by atoms with Gasteiger partial charge in [-0.25, -0.2) is 4.98 Å². The Labute approximate surface area is 131 Å². The van der Waals surface area contributed by atoms with Crippen LogP contribution in [0, 0.1) is 0 Å². The molecule has 0 aliphatic carbocycles. The van der Waals surface area contributed by atoms with Gasteiger partial charge in [0.15, 0.2) is 0 Å². The van der Waals surface area contributed by atoms with Crippen molar-refractivity contribution in [1.82, 2.24) is 10.3 Å². The molecule has 2 aromatic rings. The summed E-state index contributed by atoms with van der Waals surface area (Å²) >= 11 is 17.5. The molecule has 3 nitrogen and oxygen atoms in total. The Balaban J connectivity index is 1.92. The van der Waals surface area contributed by atoms with Crippen LogP contribution >= 0.6 is 34.8 Å². The van der Waals surface area contributed by atoms with E-state index in [1.165, 1.54) is 6.07 Å². The van der Waals surface area contributed by atoms with Gasteiger partial charge in [0, 0.05) is 11.6 Å². The molecule has 0 aliphatic rings. The zero-order valence-corrected chi connectivity index (χ0v) is 12.6. The predicted molar refractivity (Wildman–Crippen MR) is 81.7 cm³/mol. The molecule has 0 fully saturated rings. The average molecular weight is 330 g/mol. The Hall–Kier alpha value is -1.29. The molecular formula is C14H11Cl3N2O. The first-order valence-corrected chi connectivity index (χ1v) is 7.04. The second kappa shape index (κ2) is 6.93. The summed E-state index contributed by atoms with van der Waals surface area (Å²) in [6, 6.07) is 10.5. The first kappa shape index (κ1) is 15.1. The number of carbonyl (C=O) groups is 1. The van der Waals surface area contributed by atoms with Gasteiger partial charge in [0.2, 0.25) is 0 Å². The van der Waals surface area contributed by atoms with E-state index in [9.17, 15) is 4.79 Å². The molecule has 0 aliphatic heterocycles. The Morgan fingerprint density at radius 2 is 1.75 bits per heavy atom. The van der Waals surface area contributed by atoms with E-state index in [2.05, 4.69) is 10.3 Å². The molecule has 6 heteroatoms. The van der Waals surface area contributed by atoms with E-state index < -0.39 is 0 Å². The van der Waals surface area contributed by atoms with E-state index in [0.29, 0.717) is 18.0 Å². The normalized spacial score (nSPS) is 10.3. The summed E-state index contributed by atoms with van der Waals surface area (Å²) in [4.78, 5) is 15.8. The first-order chi connectivity index (χ1) is 9.56. The summed E-state index contributed by atoms with van der Waals surface area (Å²) in [7, 11) is 0. The Kier molecular flexibility index (Phi) is 5.24. The number of amides is 1. The van der Waals surface area contributed by atoms with Gasteiger partial charge in [-0.3, -0.25) is 4.79 Å². The lowest BCUT2D eigenvalue weighted by Crippen LogP contribution is -2.26. The lowest BCUT2D eigenvalue weighted by molar-refractivity contribution is 0.0949. The molecule has 20 heavy (non-hydrogen) atoms. The van der Waals surface area contributed by atoms with Crippen LogP contribution in [0.5, 0.6) is 0 Å². The average Bonchev–Trinajstić information content (AvgIpc) is 2.43. The molecule has 0 saturated carbocycles. The van der Waals surface area contributed by atoms with E-state index in [-0.39, 0.29) is 21.8 Å². The topological polar surface area (TPSA) is 42.0 Å². The third-order valence-electron chi connectivity index (χ3n) is 2.64. The number of nitrogens with zero attached hydrogens (tertiary/aromatic N) is 1. The van der Waals surface area contributed by atoms with Crippen molar-refractivity contribution in [3.63, 3.8) is 0 Å². The molecule has 2 rings (SSSR count). The van der Waals surface area contributed by atoms with E-state index in [4.69, 9.17) is 34.8 Å². The number of pyridine rings is 1. The van der Waals surface area contributed by atoms with Crippen LogP contribution in [0.3, 0.4) is 0 Å². The minimum Gasteiger partial charge on any atom is -0.350 e. The third-order valence-corrected chi connectivity index (χ3v) is 3.41. The number of hydrogen-bond donors (Lipinski definition) is 1. The summed E-state index contributed by atoms with van der Waals surface area (Å²) in [5.74, 6) is -0.341. The SMILES string of the molecule is O=C(NCCc1ccc(Cl)cc1)c1nc(Cl)ccc1Cl. The van der Waals surface area contributed by atoms with Crippen LogP contribution in [-0.4, -0.2) is 17.4 Å². The Morgan fingerprint density at radius 1 is 1.05 bits per heavy atom. The molecule has 0 unspecified atom stereocenters. The van der Waals surface area contributed by atoms with Gasteiger partial charge in [-0.1, -0.05) is 46.9 Å². The fourth-order valence-corrected chi connectivity index (χ4v) is 2.10. The second-order valence-electron chi connectivity index (χ2n) is 4.10. The van der Waals surface area contributed by atoms with Crippen LogP contribution in [0.25, 0.3) is 0 Å². The van der Waals surface area contributed by atoms with Gasteiger partial charge < -0.3 is 5.32 Å². The molecule has 1 aromatic heterocycles. The fourth-order valence-electron chi connectivity index (χ4n) is 1.63. The molecule has 1 amide bonds. The maximum absolute atomic E-state index is 11.9. The highest BCUT2D eigenvalue weighted by molar-refractivity contribution is 6.34. The Bertz CT molecular complexity index is 614. The minimum atomic E-state index is -0.341. The second-order valence-corrected chi connectivity index (χ2v) is 5.33. The van der Waals surface area contributed by atoms with Crippen LogP contribution in [0.15, 0.2) is 36.4 Å². The minimum absolute atomic E-state index is 0.135. The lowest BCUT2D eigenvalue weighted by atomic mass is 10.1. The summed E-state index contributed by atoms with van der Waals surface area (Å²) in [6.07, 6.45) is 0.696. The van der Waals surface area contributed by atoms with E-state index >= 15 is 0 Å². The number of halogens is 3. The quantitative estimate of drug-likeness (QED) is 0.861. The summed E-state index contributed by atoms with van der Waals surface area (Å²) in [6.45, 7) is 0.477. The van der Waals surface area contributed by atoms with Gasteiger partial charge in [0.05, 0.1) is 5.02 Å². The molecule has 0 saturated heterocycles. The maximum atomic E-state index is 11.9. The largest absolute Gasteiger partial charge is 0.350 e. The van der Waals surface area contributed by atoms with Gasteiger partial charge in [-0.2, -0.15) is 0 Å².